The van der Waals surface area contributed by atoms with Crippen LogP contribution in [0.2, 0.25) is 0 Å². The van der Waals surface area contributed by atoms with E-state index < -0.39 is 5.97 Å². The third kappa shape index (κ3) is 2.68. The molecule has 2 nitrogen and oxygen atoms in total. The molecule has 98 valence electrons. The van der Waals surface area contributed by atoms with Gasteiger partial charge in [0.25, 0.3) is 0 Å². The van der Waals surface area contributed by atoms with Gasteiger partial charge in [-0.25, -0.2) is 4.79 Å². The zero-order chi connectivity index (χ0) is 13.8. The molecule has 0 spiro atoms. The Morgan fingerprint density at radius 3 is 2.37 bits per heavy atom. The van der Waals surface area contributed by atoms with Crippen LogP contribution in [-0.4, -0.2) is 11.1 Å². The van der Waals surface area contributed by atoms with Crippen LogP contribution in [0, 0.1) is 6.92 Å². The number of hydrogen-bond acceptors (Lipinski definition) is 1. The zero-order valence-electron chi connectivity index (χ0n) is 11.3. The number of rotatable bonds is 4. The largest absolute Gasteiger partial charge is 0.478 e. The monoisotopic (exact) mass is 254 g/mol. The van der Waals surface area contributed by atoms with Gasteiger partial charge in [0, 0.05) is 0 Å². The lowest BCUT2D eigenvalue weighted by atomic mass is 9.90. The second kappa shape index (κ2) is 5.70. The first kappa shape index (κ1) is 13.3. The van der Waals surface area contributed by atoms with Crippen LogP contribution in [0.25, 0.3) is 11.1 Å². The van der Waals surface area contributed by atoms with Gasteiger partial charge in [-0.3, -0.25) is 0 Å². The molecule has 19 heavy (non-hydrogen) atoms. The number of carbonyl (C=O) groups is 1. The van der Waals surface area contributed by atoms with Crippen LogP contribution in [0.15, 0.2) is 42.5 Å². The summed E-state index contributed by atoms with van der Waals surface area (Å²) in [5.41, 5.74) is 4.50. The molecular formula is C17H18O2. The Labute approximate surface area is 113 Å². The van der Waals surface area contributed by atoms with Gasteiger partial charge >= 0.3 is 5.97 Å². The second-order valence-corrected chi connectivity index (χ2v) is 4.69. The van der Waals surface area contributed by atoms with Gasteiger partial charge in [-0.2, -0.15) is 0 Å². The van der Waals surface area contributed by atoms with Crippen LogP contribution >= 0.6 is 0 Å². The molecule has 0 fully saturated rings. The molecule has 0 atom stereocenters. The van der Waals surface area contributed by atoms with Crippen LogP contribution in [0.1, 0.15) is 34.8 Å². The van der Waals surface area contributed by atoms with E-state index in [9.17, 15) is 9.90 Å². The van der Waals surface area contributed by atoms with Crippen LogP contribution in [0.5, 0.6) is 0 Å². The highest BCUT2D eigenvalue weighted by Gasteiger charge is 2.16. The highest BCUT2D eigenvalue weighted by Crippen LogP contribution is 2.30. The second-order valence-electron chi connectivity index (χ2n) is 4.69. The van der Waals surface area contributed by atoms with Gasteiger partial charge in [0.15, 0.2) is 0 Å². The zero-order valence-corrected chi connectivity index (χ0v) is 11.3. The molecule has 0 bridgehead atoms. The topological polar surface area (TPSA) is 37.3 Å². The Hall–Kier alpha value is -2.09. The summed E-state index contributed by atoms with van der Waals surface area (Å²) < 4.78 is 0. The lowest BCUT2D eigenvalue weighted by Crippen LogP contribution is -2.03. The van der Waals surface area contributed by atoms with Gasteiger partial charge in [-0.1, -0.05) is 49.7 Å². The van der Waals surface area contributed by atoms with Gasteiger partial charge in [0.05, 0.1) is 5.56 Å². The molecule has 0 saturated carbocycles. The maximum Gasteiger partial charge on any atom is 0.336 e. The molecule has 0 aromatic heterocycles. The van der Waals surface area contributed by atoms with E-state index in [-0.39, 0.29) is 0 Å². The summed E-state index contributed by atoms with van der Waals surface area (Å²) in [7, 11) is 0. The number of aromatic carboxylic acids is 1. The number of carboxylic acids is 1. The first-order chi connectivity index (χ1) is 9.15. The Kier molecular flexibility index (Phi) is 4.00. The molecule has 0 aliphatic carbocycles. The van der Waals surface area contributed by atoms with E-state index in [0.717, 1.165) is 29.5 Å². The Balaban J connectivity index is 2.67. The summed E-state index contributed by atoms with van der Waals surface area (Å²) >= 11 is 0. The van der Waals surface area contributed by atoms with Crippen molar-refractivity contribution in [3.63, 3.8) is 0 Å². The third-order valence-electron chi connectivity index (χ3n) is 3.39. The molecule has 0 saturated heterocycles. The third-order valence-corrected chi connectivity index (χ3v) is 3.39. The van der Waals surface area contributed by atoms with E-state index in [0.29, 0.717) is 5.56 Å². The van der Waals surface area contributed by atoms with Crippen molar-refractivity contribution in [3.05, 3.63) is 59.2 Å². The Morgan fingerprint density at radius 1 is 1.11 bits per heavy atom. The lowest BCUT2D eigenvalue weighted by Gasteiger charge is -2.14. The van der Waals surface area contributed by atoms with E-state index in [4.69, 9.17) is 0 Å². The molecule has 0 aliphatic heterocycles. The predicted octanol–water partition coefficient (Wildman–Crippen LogP) is 4.31. The van der Waals surface area contributed by atoms with E-state index in [1.807, 2.05) is 43.3 Å². The fraction of sp³-hybridized carbons (Fsp3) is 0.235. The minimum Gasteiger partial charge on any atom is -0.478 e. The maximum absolute atomic E-state index is 11.4. The number of aryl methyl sites for hydroxylation is 1. The van der Waals surface area contributed by atoms with Crippen LogP contribution in [0.3, 0.4) is 0 Å². The predicted molar refractivity (Wildman–Crippen MR) is 77.6 cm³/mol. The highest BCUT2D eigenvalue weighted by molar-refractivity contribution is 5.97. The average molecular weight is 254 g/mol. The molecule has 0 heterocycles. The maximum atomic E-state index is 11.4. The van der Waals surface area contributed by atoms with Crippen LogP contribution in [-0.2, 0) is 6.42 Å². The van der Waals surface area contributed by atoms with Gasteiger partial charge in [0.1, 0.15) is 0 Å². The number of hydrogen-bond donors (Lipinski definition) is 1. The van der Waals surface area contributed by atoms with Crippen molar-refractivity contribution >= 4 is 5.97 Å². The SMILES string of the molecule is CCCc1ccc(C(=O)O)c(-c2ccccc2)c1C. The minimum absolute atomic E-state index is 0.378. The molecular weight excluding hydrogens is 236 g/mol. The van der Waals surface area contributed by atoms with E-state index in [2.05, 4.69) is 6.92 Å². The molecule has 0 aliphatic rings. The molecule has 2 aromatic carbocycles. The quantitative estimate of drug-likeness (QED) is 0.882. The Bertz CT molecular complexity index is 586. The molecule has 1 N–H and O–H groups in total. The lowest BCUT2D eigenvalue weighted by molar-refractivity contribution is 0.0697. The first-order valence-corrected chi connectivity index (χ1v) is 6.56. The van der Waals surface area contributed by atoms with Crippen molar-refractivity contribution in [3.8, 4) is 11.1 Å². The van der Waals surface area contributed by atoms with Gasteiger partial charge in [-0.05, 0) is 41.7 Å². The van der Waals surface area contributed by atoms with Crippen molar-refractivity contribution in [2.24, 2.45) is 0 Å². The summed E-state index contributed by atoms with van der Waals surface area (Å²) in [4.78, 5) is 11.4. The van der Waals surface area contributed by atoms with Gasteiger partial charge in [0.2, 0.25) is 0 Å². The Morgan fingerprint density at radius 2 is 1.79 bits per heavy atom. The molecule has 0 radical (unpaired) electrons. The summed E-state index contributed by atoms with van der Waals surface area (Å²) in [5, 5.41) is 9.37. The number of benzene rings is 2. The molecule has 2 rings (SSSR count). The minimum atomic E-state index is -0.870. The van der Waals surface area contributed by atoms with Crippen LogP contribution < -0.4 is 0 Å². The standard InChI is InChI=1S/C17H18O2/c1-3-7-13-10-11-15(17(18)19)16(12(13)2)14-8-5-4-6-9-14/h4-6,8-11H,3,7H2,1-2H3,(H,18,19). The van der Waals surface area contributed by atoms with Crippen molar-refractivity contribution in [2.45, 2.75) is 26.7 Å². The molecule has 0 unspecified atom stereocenters. The van der Waals surface area contributed by atoms with Crippen molar-refractivity contribution in [2.75, 3.05) is 0 Å². The molecule has 0 amide bonds. The fourth-order valence-corrected chi connectivity index (χ4v) is 2.45. The summed E-state index contributed by atoms with van der Waals surface area (Å²) in [6.45, 7) is 4.15. The van der Waals surface area contributed by atoms with Gasteiger partial charge in [-0.15, -0.1) is 0 Å². The summed E-state index contributed by atoms with van der Waals surface area (Å²) in [6.07, 6.45) is 2.03. The van der Waals surface area contributed by atoms with E-state index in [1.54, 1.807) is 6.07 Å². The van der Waals surface area contributed by atoms with Crippen molar-refractivity contribution in [1.29, 1.82) is 0 Å². The van der Waals surface area contributed by atoms with Gasteiger partial charge < -0.3 is 5.11 Å². The molecule has 2 heteroatoms. The number of carboxylic acid groups (broad SMARTS) is 1. The van der Waals surface area contributed by atoms with E-state index in [1.165, 1.54) is 5.56 Å². The summed E-state index contributed by atoms with van der Waals surface area (Å²) in [6, 6.07) is 13.4. The smallest absolute Gasteiger partial charge is 0.336 e. The normalized spacial score (nSPS) is 10.4. The van der Waals surface area contributed by atoms with Crippen molar-refractivity contribution < 1.29 is 9.90 Å². The van der Waals surface area contributed by atoms with E-state index >= 15 is 0 Å². The fourth-order valence-electron chi connectivity index (χ4n) is 2.45. The van der Waals surface area contributed by atoms with Crippen LogP contribution in [0.4, 0.5) is 0 Å². The van der Waals surface area contributed by atoms with Crippen molar-refractivity contribution in [1.82, 2.24) is 0 Å². The molecule has 2 aromatic rings. The average Bonchev–Trinajstić information content (AvgIpc) is 2.41. The summed E-state index contributed by atoms with van der Waals surface area (Å²) in [5.74, 6) is -0.870. The highest BCUT2D eigenvalue weighted by atomic mass is 16.4. The first-order valence-electron chi connectivity index (χ1n) is 6.56.